The van der Waals surface area contributed by atoms with Crippen LogP contribution >= 0.6 is 11.6 Å². The third-order valence-corrected chi connectivity index (χ3v) is 4.26. The van der Waals surface area contributed by atoms with E-state index in [1.54, 1.807) is 0 Å². The Kier molecular flexibility index (Phi) is 5.68. The van der Waals surface area contributed by atoms with Crippen molar-refractivity contribution in [2.45, 2.75) is 38.7 Å². The molecule has 1 aromatic rings. The zero-order chi connectivity index (χ0) is 13.7. The standard InChI is InChI=1S/C16H24ClNO/c1-13(19)6-9-18-10-7-15(8-11-18)12-14-2-4-16(17)5-3-14/h2-5,13,15,19H,6-12H2,1H3. The van der Waals surface area contributed by atoms with Crippen LogP contribution in [0.4, 0.5) is 0 Å². The number of nitrogens with zero attached hydrogens (tertiary/aromatic N) is 1. The van der Waals surface area contributed by atoms with Gasteiger partial charge in [-0.05, 0) is 69.3 Å². The van der Waals surface area contributed by atoms with Gasteiger partial charge in [0.05, 0.1) is 6.10 Å². The van der Waals surface area contributed by atoms with Crippen molar-refractivity contribution in [2.24, 2.45) is 5.92 Å². The van der Waals surface area contributed by atoms with E-state index in [0.717, 1.165) is 23.9 Å². The fourth-order valence-electron chi connectivity index (χ4n) is 2.74. The molecule has 1 aromatic carbocycles. The lowest BCUT2D eigenvalue weighted by atomic mass is 9.90. The molecule has 0 spiro atoms. The Morgan fingerprint density at radius 1 is 1.26 bits per heavy atom. The van der Waals surface area contributed by atoms with Crippen LogP contribution < -0.4 is 0 Å². The summed E-state index contributed by atoms with van der Waals surface area (Å²) in [7, 11) is 0. The number of hydrogen-bond acceptors (Lipinski definition) is 2. The van der Waals surface area contributed by atoms with Gasteiger partial charge >= 0.3 is 0 Å². The molecule has 0 radical (unpaired) electrons. The van der Waals surface area contributed by atoms with Gasteiger partial charge in [-0.25, -0.2) is 0 Å². The second kappa shape index (κ2) is 7.28. The molecule has 1 saturated heterocycles. The van der Waals surface area contributed by atoms with Gasteiger partial charge in [0.1, 0.15) is 0 Å². The van der Waals surface area contributed by atoms with Gasteiger partial charge in [-0.1, -0.05) is 23.7 Å². The first-order chi connectivity index (χ1) is 9.13. The molecule has 3 heteroatoms. The van der Waals surface area contributed by atoms with Crippen LogP contribution in [0, 0.1) is 5.92 Å². The van der Waals surface area contributed by atoms with Gasteiger partial charge in [-0.15, -0.1) is 0 Å². The van der Waals surface area contributed by atoms with E-state index in [9.17, 15) is 5.11 Å². The van der Waals surface area contributed by atoms with E-state index < -0.39 is 0 Å². The number of hydrogen-bond donors (Lipinski definition) is 1. The summed E-state index contributed by atoms with van der Waals surface area (Å²) >= 11 is 5.91. The molecule has 2 rings (SSSR count). The Balaban J connectivity index is 1.72. The lowest BCUT2D eigenvalue weighted by Crippen LogP contribution is -2.35. The van der Waals surface area contributed by atoms with Gasteiger partial charge in [0.15, 0.2) is 0 Å². The number of aliphatic hydroxyl groups excluding tert-OH is 1. The van der Waals surface area contributed by atoms with Crippen LogP contribution in [0.2, 0.25) is 5.02 Å². The minimum Gasteiger partial charge on any atom is -0.393 e. The molecule has 1 aliphatic rings. The topological polar surface area (TPSA) is 23.5 Å². The molecule has 0 amide bonds. The van der Waals surface area contributed by atoms with Crippen LogP contribution in [0.1, 0.15) is 31.7 Å². The van der Waals surface area contributed by atoms with Crippen LogP contribution in [0.5, 0.6) is 0 Å². The van der Waals surface area contributed by atoms with Crippen molar-refractivity contribution >= 4 is 11.6 Å². The molecular weight excluding hydrogens is 258 g/mol. The summed E-state index contributed by atoms with van der Waals surface area (Å²) in [6.07, 6.45) is 4.42. The first-order valence-electron chi connectivity index (χ1n) is 7.28. The predicted molar refractivity (Wildman–Crippen MR) is 80.6 cm³/mol. The van der Waals surface area contributed by atoms with E-state index in [4.69, 9.17) is 11.6 Å². The van der Waals surface area contributed by atoms with Crippen LogP contribution in [0.3, 0.4) is 0 Å². The highest BCUT2D eigenvalue weighted by Gasteiger charge is 2.19. The minimum atomic E-state index is -0.174. The van der Waals surface area contributed by atoms with E-state index in [-0.39, 0.29) is 6.10 Å². The predicted octanol–water partition coefficient (Wildman–Crippen LogP) is 3.37. The van der Waals surface area contributed by atoms with Gasteiger partial charge in [-0.2, -0.15) is 0 Å². The Morgan fingerprint density at radius 3 is 2.47 bits per heavy atom. The summed E-state index contributed by atoms with van der Waals surface area (Å²) in [6.45, 7) is 5.24. The third-order valence-electron chi connectivity index (χ3n) is 4.01. The number of rotatable bonds is 5. The molecule has 1 N–H and O–H groups in total. The Morgan fingerprint density at radius 2 is 1.89 bits per heavy atom. The largest absolute Gasteiger partial charge is 0.393 e. The highest BCUT2D eigenvalue weighted by molar-refractivity contribution is 6.30. The van der Waals surface area contributed by atoms with Crippen LogP contribution in [0.25, 0.3) is 0 Å². The lowest BCUT2D eigenvalue weighted by molar-refractivity contribution is 0.133. The quantitative estimate of drug-likeness (QED) is 0.895. The van der Waals surface area contributed by atoms with E-state index in [1.807, 2.05) is 19.1 Å². The van der Waals surface area contributed by atoms with E-state index >= 15 is 0 Å². The Hall–Kier alpha value is -0.570. The zero-order valence-electron chi connectivity index (χ0n) is 11.7. The fraction of sp³-hybridized carbons (Fsp3) is 0.625. The number of piperidine rings is 1. The highest BCUT2D eigenvalue weighted by atomic mass is 35.5. The molecule has 0 saturated carbocycles. The smallest absolute Gasteiger partial charge is 0.0524 e. The van der Waals surface area contributed by atoms with Crippen molar-refractivity contribution in [3.63, 3.8) is 0 Å². The summed E-state index contributed by atoms with van der Waals surface area (Å²) in [5, 5.41) is 10.1. The average Bonchev–Trinajstić information content (AvgIpc) is 2.40. The lowest BCUT2D eigenvalue weighted by Gasteiger charge is -2.32. The molecule has 106 valence electrons. The normalized spacial score (nSPS) is 19.5. The van der Waals surface area contributed by atoms with Crippen molar-refractivity contribution in [1.82, 2.24) is 4.90 Å². The summed E-state index contributed by atoms with van der Waals surface area (Å²) in [4.78, 5) is 2.48. The fourth-order valence-corrected chi connectivity index (χ4v) is 2.86. The molecule has 1 fully saturated rings. The SMILES string of the molecule is CC(O)CCN1CCC(Cc2ccc(Cl)cc2)CC1. The van der Waals surface area contributed by atoms with Crippen LogP contribution in [-0.2, 0) is 6.42 Å². The number of likely N-dealkylation sites (tertiary alicyclic amines) is 1. The first-order valence-corrected chi connectivity index (χ1v) is 7.66. The number of halogens is 1. The van der Waals surface area contributed by atoms with E-state index in [1.165, 1.54) is 37.9 Å². The minimum absolute atomic E-state index is 0.174. The third kappa shape index (κ3) is 5.13. The first kappa shape index (κ1) is 14.8. The van der Waals surface area contributed by atoms with Gasteiger partial charge < -0.3 is 10.0 Å². The van der Waals surface area contributed by atoms with Crippen LogP contribution in [-0.4, -0.2) is 35.7 Å². The van der Waals surface area contributed by atoms with Crippen molar-refractivity contribution in [3.05, 3.63) is 34.9 Å². The van der Waals surface area contributed by atoms with Crippen molar-refractivity contribution in [2.75, 3.05) is 19.6 Å². The number of benzene rings is 1. The maximum Gasteiger partial charge on any atom is 0.0524 e. The maximum atomic E-state index is 9.31. The van der Waals surface area contributed by atoms with Gasteiger partial charge in [0.25, 0.3) is 0 Å². The molecule has 19 heavy (non-hydrogen) atoms. The molecule has 1 heterocycles. The highest BCUT2D eigenvalue weighted by Crippen LogP contribution is 2.22. The Labute approximate surface area is 121 Å². The molecule has 0 bridgehead atoms. The van der Waals surface area contributed by atoms with Crippen molar-refractivity contribution < 1.29 is 5.11 Å². The van der Waals surface area contributed by atoms with E-state index in [0.29, 0.717) is 0 Å². The van der Waals surface area contributed by atoms with Crippen LogP contribution in [0.15, 0.2) is 24.3 Å². The van der Waals surface area contributed by atoms with Gasteiger partial charge in [0, 0.05) is 11.6 Å². The average molecular weight is 282 g/mol. The molecule has 1 aliphatic heterocycles. The van der Waals surface area contributed by atoms with Crippen molar-refractivity contribution in [1.29, 1.82) is 0 Å². The monoisotopic (exact) mass is 281 g/mol. The molecular formula is C16H24ClNO. The van der Waals surface area contributed by atoms with Gasteiger partial charge in [-0.3, -0.25) is 0 Å². The molecule has 0 aromatic heterocycles. The second-order valence-corrected chi connectivity index (χ2v) is 6.19. The molecule has 2 nitrogen and oxygen atoms in total. The maximum absolute atomic E-state index is 9.31. The summed E-state index contributed by atoms with van der Waals surface area (Å²) in [6, 6.07) is 8.24. The molecule has 1 unspecified atom stereocenters. The second-order valence-electron chi connectivity index (χ2n) is 5.75. The van der Waals surface area contributed by atoms with Gasteiger partial charge in [0.2, 0.25) is 0 Å². The number of aliphatic hydroxyl groups is 1. The summed E-state index contributed by atoms with van der Waals surface area (Å²) in [5.74, 6) is 0.795. The zero-order valence-corrected chi connectivity index (χ0v) is 12.4. The summed E-state index contributed by atoms with van der Waals surface area (Å²) < 4.78 is 0. The molecule has 1 atom stereocenters. The Bertz CT molecular complexity index is 369. The summed E-state index contributed by atoms with van der Waals surface area (Å²) in [5.41, 5.74) is 1.40. The van der Waals surface area contributed by atoms with Crippen molar-refractivity contribution in [3.8, 4) is 0 Å². The molecule has 0 aliphatic carbocycles. The van der Waals surface area contributed by atoms with E-state index in [2.05, 4.69) is 17.0 Å².